The molecule has 1 aromatic rings. The molecule has 0 amide bonds. The fourth-order valence-corrected chi connectivity index (χ4v) is 2.14. The largest absolute Gasteiger partial charge is 0.304 e. The zero-order chi connectivity index (χ0) is 11.4. The Kier molecular flexibility index (Phi) is 6.87. The van der Waals surface area contributed by atoms with E-state index < -0.39 is 0 Å². The van der Waals surface area contributed by atoms with Crippen LogP contribution in [0.4, 0.5) is 0 Å². The van der Waals surface area contributed by atoms with Gasteiger partial charge >= 0.3 is 0 Å². The third-order valence-electron chi connectivity index (χ3n) is 3.43. The molecule has 3 heteroatoms. The predicted octanol–water partition coefficient (Wildman–Crippen LogP) is 1.99. The minimum Gasteiger partial charge on any atom is -0.304 e. The molecule has 17 heavy (non-hydrogen) atoms. The number of nitrogens with zero attached hydrogens (tertiary/aromatic N) is 2. The Morgan fingerprint density at radius 1 is 0.941 bits per heavy atom. The van der Waals surface area contributed by atoms with Crippen LogP contribution < -0.4 is 0 Å². The second-order valence-corrected chi connectivity index (χ2v) is 4.75. The average Bonchev–Trinajstić information content (AvgIpc) is 2.33. The Balaban J connectivity index is 0.00000144. The van der Waals surface area contributed by atoms with Gasteiger partial charge in [0, 0.05) is 65.4 Å². The molecule has 1 aromatic carbocycles. The predicted molar refractivity (Wildman–Crippen MR) is 68.6 cm³/mol. The van der Waals surface area contributed by atoms with E-state index in [1.807, 2.05) is 0 Å². The monoisotopic (exact) mass is 307 g/mol. The molecule has 0 bridgehead atoms. The summed E-state index contributed by atoms with van der Waals surface area (Å²) in [6.07, 6.45) is 1.13. The van der Waals surface area contributed by atoms with Gasteiger partial charge in [0.2, 0.25) is 0 Å². The Labute approximate surface area is 130 Å². The van der Waals surface area contributed by atoms with Crippen molar-refractivity contribution in [3.63, 3.8) is 0 Å². The summed E-state index contributed by atoms with van der Waals surface area (Å²) in [5.41, 5.74) is 2.88. The van der Waals surface area contributed by atoms with E-state index in [9.17, 15) is 0 Å². The Morgan fingerprint density at radius 2 is 1.47 bits per heavy atom. The maximum absolute atomic E-state index is 2.54. The van der Waals surface area contributed by atoms with Gasteiger partial charge in [0.05, 0.1) is 0 Å². The first kappa shape index (κ1) is 15.3. The first-order chi connectivity index (χ1) is 7.78. The molecule has 1 saturated heterocycles. The molecule has 0 unspecified atom stereocenters. The summed E-state index contributed by atoms with van der Waals surface area (Å²) in [6.45, 7) is 8.12. The fourth-order valence-electron chi connectivity index (χ4n) is 2.14. The third-order valence-corrected chi connectivity index (χ3v) is 3.43. The number of hydrogen-bond acceptors (Lipinski definition) is 2. The Bertz CT molecular complexity index is 315. The number of rotatable bonds is 3. The molecule has 0 spiro atoms. The van der Waals surface area contributed by atoms with Crippen molar-refractivity contribution >= 4 is 0 Å². The van der Waals surface area contributed by atoms with Crippen LogP contribution in [0.3, 0.4) is 0 Å². The SMILES string of the molecule is CCc1ccc(CN2CCN(C)CC2)cc1.[Y]. The van der Waals surface area contributed by atoms with Crippen LogP contribution in [0.5, 0.6) is 0 Å². The number of piperazine rings is 1. The van der Waals surface area contributed by atoms with Crippen molar-refractivity contribution in [2.45, 2.75) is 19.9 Å². The molecular weight excluding hydrogens is 285 g/mol. The number of benzene rings is 1. The maximum Gasteiger partial charge on any atom is 0.0234 e. The van der Waals surface area contributed by atoms with E-state index in [0.717, 1.165) is 13.0 Å². The third kappa shape index (κ3) is 4.79. The molecule has 0 N–H and O–H groups in total. The molecule has 1 fully saturated rings. The first-order valence-corrected chi connectivity index (χ1v) is 6.26. The van der Waals surface area contributed by atoms with Crippen LogP contribution in [0.15, 0.2) is 24.3 Å². The van der Waals surface area contributed by atoms with E-state index in [1.54, 1.807) is 0 Å². The molecule has 91 valence electrons. The molecule has 0 aromatic heterocycles. The average molecular weight is 307 g/mol. The molecule has 2 nitrogen and oxygen atoms in total. The van der Waals surface area contributed by atoms with Crippen LogP contribution >= 0.6 is 0 Å². The summed E-state index contributed by atoms with van der Waals surface area (Å²) >= 11 is 0. The zero-order valence-corrected chi connectivity index (χ0v) is 13.9. The molecule has 0 saturated carbocycles. The second-order valence-electron chi connectivity index (χ2n) is 4.75. The van der Waals surface area contributed by atoms with Gasteiger partial charge in [-0.15, -0.1) is 0 Å². The summed E-state index contributed by atoms with van der Waals surface area (Å²) in [5, 5.41) is 0. The van der Waals surface area contributed by atoms with Crippen LogP contribution in [0.25, 0.3) is 0 Å². The van der Waals surface area contributed by atoms with Crippen molar-refractivity contribution in [1.29, 1.82) is 0 Å². The van der Waals surface area contributed by atoms with Gasteiger partial charge in [0.15, 0.2) is 0 Å². The molecular formula is C14H22N2Y. The Morgan fingerprint density at radius 3 is 2.00 bits per heavy atom. The van der Waals surface area contributed by atoms with Crippen LogP contribution in [-0.2, 0) is 45.7 Å². The molecule has 1 radical (unpaired) electrons. The van der Waals surface area contributed by atoms with Gasteiger partial charge in [-0.1, -0.05) is 31.2 Å². The van der Waals surface area contributed by atoms with Crippen LogP contribution in [0.1, 0.15) is 18.1 Å². The van der Waals surface area contributed by atoms with E-state index in [2.05, 4.69) is 48.0 Å². The van der Waals surface area contributed by atoms with Crippen molar-refractivity contribution in [3.8, 4) is 0 Å². The van der Waals surface area contributed by atoms with E-state index in [1.165, 1.54) is 37.3 Å². The number of hydrogen-bond donors (Lipinski definition) is 0. The van der Waals surface area contributed by atoms with Gasteiger partial charge in [-0.3, -0.25) is 4.90 Å². The van der Waals surface area contributed by atoms with Crippen molar-refractivity contribution < 1.29 is 32.7 Å². The summed E-state index contributed by atoms with van der Waals surface area (Å²) in [6, 6.07) is 9.06. The van der Waals surface area contributed by atoms with Gasteiger partial charge in [-0.25, -0.2) is 0 Å². The number of likely N-dealkylation sites (N-methyl/N-ethyl adjacent to an activating group) is 1. The van der Waals surface area contributed by atoms with Crippen LogP contribution in [0.2, 0.25) is 0 Å². The van der Waals surface area contributed by atoms with E-state index in [4.69, 9.17) is 0 Å². The smallest absolute Gasteiger partial charge is 0.0234 e. The normalized spacial score (nSPS) is 17.8. The summed E-state index contributed by atoms with van der Waals surface area (Å²) in [7, 11) is 2.20. The van der Waals surface area contributed by atoms with E-state index in [-0.39, 0.29) is 32.7 Å². The minimum atomic E-state index is 0. The van der Waals surface area contributed by atoms with Crippen molar-refractivity contribution in [1.82, 2.24) is 9.80 Å². The van der Waals surface area contributed by atoms with Crippen LogP contribution in [0, 0.1) is 0 Å². The summed E-state index contributed by atoms with van der Waals surface area (Å²) < 4.78 is 0. The van der Waals surface area contributed by atoms with Gasteiger partial charge in [0.25, 0.3) is 0 Å². The van der Waals surface area contributed by atoms with Crippen molar-refractivity contribution in [2.24, 2.45) is 0 Å². The molecule has 1 heterocycles. The van der Waals surface area contributed by atoms with E-state index >= 15 is 0 Å². The topological polar surface area (TPSA) is 6.48 Å². The second kappa shape index (κ2) is 7.63. The molecule has 2 rings (SSSR count). The van der Waals surface area contributed by atoms with Gasteiger partial charge in [0.1, 0.15) is 0 Å². The molecule has 0 aliphatic carbocycles. The van der Waals surface area contributed by atoms with Crippen molar-refractivity contribution in [3.05, 3.63) is 35.4 Å². The zero-order valence-electron chi connectivity index (χ0n) is 11.0. The molecule has 0 atom stereocenters. The van der Waals surface area contributed by atoms with E-state index in [0.29, 0.717) is 0 Å². The van der Waals surface area contributed by atoms with Crippen LogP contribution in [-0.4, -0.2) is 43.0 Å². The molecule has 1 aliphatic rings. The van der Waals surface area contributed by atoms with Gasteiger partial charge in [-0.2, -0.15) is 0 Å². The number of aryl methyl sites for hydroxylation is 1. The van der Waals surface area contributed by atoms with Gasteiger partial charge < -0.3 is 4.90 Å². The van der Waals surface area contributed by atoms with Crippen molar-refractivity contribution in [2.75, 3.05) is 33.2 Å². The maximum atomic E-state index is 2.54. The fraction of sp³-hybridized carbons (Fsp3) is 0.571. The first-order valence-electron chi connectivity index (χ1n) is 6.26. The molecule has 1 aliphatic heterocycles. The summed E-state index contributed by atoms with van der Waals surface area (Å²) in [4.78, 5) is 4.94. The van der Waals surface area contributed by atoms with Gasteiger partial charge in [-0.05, 0) is 24.6 Å². The standard InChI is InChI=1S/C14H22N2.Y/c1-3-13-4-6-14(7-5-13)12-16-10-8-15(2)9-11-16;/h4-7H,3,8-12H2,1-2H3;. The quantitative estimate of drug-likeness (QED) is 0.843. The Hall–Kier alpha value is 0.244. The summed E-state index contributed by atoms with van der Waals surface area (Å²) in [5.74, 6) is 0. The minimum absolute atomic E-state index is 0.